The van der Waals surface area contributed by atoms with Crippen LogP contribution >= 0.6 is 0 Å². The zero-order valence-corrected chi connectivity index (χ0v) is 11.0. The highest BCUT2D eigenvalue weighted by molar-refractivity contribution is 5.97. The molecule has 0 fully saturated rings. The second-order valence-corrected chi connectivity index (χ2v) is 4.46. The van der Waals surface area contributed by atoms with E-state index in [0.29, 0.717) is 11.9 Å². The molecular weight excluding hydrogens is 263 g/mol. The molecule has 1 atom stereocenters. The average Bonchev–Trinajstić information content (AvgIpc) is 2.45. The smallest absolute Gasteiger partial charge is 0.281 e. The number of aromatic nitrogens is 1. The molecule has 2 rings (SSSR count). The molecule has 0 aliphatic rings. The molecule has 1 unspecified atom stereocenters. The number of anilines is 1. The Balaban J connectivity index is 2.52. The molecule has 1 aromatic carbocycles. The van der Waals surface area contributed by atoms with Gasteiger partial charge in [-0.2, -0.15) is 0 Å². The minimum atomic E-state index is -0.703. The summed E-state index contributed by atoms with van der Waals surface area (Å²) in [5.74, 6) is -0.703. The summed E-state index contributed by atoms with van der Waals surface area (Å²) in [4.78, 5) is 14.4. The highest BCUT2D eigenvalue weighted by atomic mass is 19.1. The molecule has 2 aromatic rings. The second kappa shape index (κ2) is 5.79. The van der Waals surface area contributed by atoms with Crippen LogP contribution in [0, 0.1) is 15.9 Å². The number of halogens is 1. The quantitative estimate of drug-likeness (QED) is 0.647. The van der Waals surface area contributed by atoms with Gasteiger partial charge < -0.3 is 11.1 Å². The summed E-state index contributed by atoms with van der Waals surface area (Å²) in [6.07, 6.45) is 2.21. The van der Waals surface area contributed by atoms with Crippen molar-refractivity contribution in [3.8, 4) is 0 Å². The van der Waals surface area contributed by atoms with E-state index >= 15 is 0 Å². The molecular formula is C13H15FN4O2. The normalized spacial score (nSPS) is 12.3. The number of nitro benzene ring substituents is 1. The van der Waals surface area contributed by atoms with E-state index in [1.807, 2.05) is 6.92 Å². The Morgan fingerprint density at radius 3 is 3.00 bits per heavy atom. The number of rotatable bonds is 5. The summed E-state index contributed by atoms with van der Waals surface area (Å²) < 4.78 is 14.0. The first-order chi connectivity index (χ1) is 9.54. The van der Waals surface area contributed by atoms with Gasteiger partial charge >= 0.3 is 0 Å². The molecule has 20 heavy (non-hydrogen) atoms. The van der Waals surface area contributed by atoms with Gasteiger partial charge in [-0.05, 0) is 18.6 Å². The number of nitrogens with zero attached hydrogens (tertiary/aromatic N) is 2. The van der Waals surface area contributed by atoms with Crippen LogP contribution < -0.4 is 11.1 Å². The number of non-ortho nitro benzene ring substituents is 1. The van der Waals surface area contributed by atoms with Crippen LogP contribution in [0.4, 0.5) is 15.8 Å². The van der Waals surface area contributed by atoms with Gasteiger partial charge in [0.1, 0.15) is 5.52 Å². The van der Waals surface area contributed by atoms with E-state index in [1.165, 1.54) is 6.20 Å². The zero-order chi connectivity index (χ0) is 14.7. The molecule has 0 radical (unpaired) electrons. The number of benzene rings is 1. The fourth-order valence-electron chi connectivity index (χ4n) is 1.89. The van der Waals surface area contributed by atoms with Crippen LogP contribution in [0.25, 0.3) is 10.9 Å². The lowest BCUT2D eigenvalue weighted by atomic mass is 10.1. The molecule has 0 amide bonds. The third-order valence-corrected chi connectivity index (χ3v) is 3.08. The third kappa shape index (κ3) is 2.67. The van der Waals surface area contributed by atoms with E-state index < -0.39 is 10.7 Å². The molecule has 3 N–H and O–H groups in total. The number of hydrogen-bond acceptors (Lipinski definition) is 5. The van der Waals surface area contributed by atoms with E-state index in [-0.39, 0.29) is 22.9 Å². The predicted molar refractivity (Wildman–Crippen MR) is 75.1 cm³/mol. The van der Waals surface area contributed by atoms with Crippen molar-refractivity contribution in [1.29, 1.82) is 0 Å². The zero-order valence-electron chi connectivity index (χ0n) is 11.0. The van der Waals surface area contributed by atoms with Crippen molar-refractivity contribution >= 4 is 22.3 Å². The second-order valence-electron chi connectivity index (χ2n) is 4.46. The fraction of sp³-hybridized carbons (Fsp3) is 0.308. The van der Waals surface area contributed by atoms with Crippen LogP contribution in [0.5, 0.6) is 0 Å². The number of fused-ring (bicyclic) bond motifs is 1. The molecule has 0 saturated heterocycles. The van der Waals surface area contributed by atoms with E-state index in [2.05, 4.69) is 10.3 Å². The summed E-state index contributed by atoms with van der Waals surface area (Å²) in [5, 5.41) is 14.1. The van der Waals surface area contributed by atoms with Crippen molar-refractivity contribution in [2.45, 2.75) is 19.4 Å². The third-order valence-electron chi connectivity index (χ3n) is 3.08. The van der Waals surface area contributed by atoms with Gasteiger partial charge in [0, 0.05) is 18.8 Å². The fourth-order valence-corrected chi connectivity index (χ4v) is 1.89. The van der Waals surface area contributed by atoms with Crippen molar-refractivity contribution < 1.29 is 9.31 Å². The Morgan fingerprint density at radius 2 is 2.35 bits per heavy atom. The van der Waals surface area contributed by atoms with E-state index in [4.69, 9.17) is 5.73 Å². The summed E-state index contributed by atoms with van der Waals surface area (Å²) in [7, 11) is 0. The SMILES string of the molecule is CCC(N)CNc1c(F)cc([N+](=O)[O-])c2cccnc12. The summed E-state index contributed by atoms with van der Waals surface area (Å²) in [6.45, 7) is 2.30. The molecule has 7 heteroatoms. The van der Waals surface area contributed by atoms with Crippen molar-refractivity contribution in [1.82, 2.24) is 4.98 Å². The number of pyridine rings is 1. The maximum absolute atomic E-state index is 14.0. The summed E-state index contributed by atoms with van der Waals surface area (Å²) >= 11 is 0. The first-order valence-electron chi connectivity index (χ1n) is 6.25. The van der Waals surface area contributed by atoms with Crippen LogP contribution in [0.15, 0.2) is 24.4 Å². The van der Waals surface area contributed by atoms with Crippen LogP contribution in [-0.2, 0) is 0 Å². The molecule has 0 aliphatic carbocycles. The van der Waals surface area contributed by atoms with E-state index in [0.717, 1.165) is 12.5 Å². The van der Waals surface area contributed by atoms with Gasteiger partial charge in [0.2, 0.25) is 0 Å². The topological polar surface area (TPSA) is 94.1 Å². The number of nitrogens with two attached hydrogens (primary N) is 1. The monoisotopic (exact) mass is 278 g/mol. The highest BCUT2D eigenvalue weighted by Gasteiger charge is 2.20. The average molecular weight is 278 g/mol. The van der Waals surface area contributed by atoms with Gasteiger partial charge in [0.25, 0.3) is 5.69 Å². The van der Waals surface area contributed by atoms with Crippen molar-refractivity contribution in [2.24, 2.45) is 5.73 Å². The van der Waals surface area contributed by atoms with Crippen molar-refractivity contribution in [2.75, 3.05) is 11.9 Å². The molecule has 0 bridgehead atoms. The van der Waals surface area contributed by atoms with Crippen molar-refractivity contribution in [3.63, 3.8) is 0 Å². The van der Waals surface area contributed by atoms with Gasteiger partial charge in [-0.15, -0.1) is 0 Å². The van der Waals surface area contributed by atoms with Gasteiger partial charge in [0.05, 0.1) is 22.1 Å². The van der Waals surface area contributed by atoms with E-state index in [9.17, 15) is 14.5 Å². The Labute approximate surface area is 115 Å². The first-order valence-corrected chi connectivity index (χ1v) is 6.25. The van der Waals surface area contributed by atoms with Gasteiger partial charge in [-0.25, -0.2) is 4.39 Å². The highest BCUT2D eigenvalue weighted by Crippen LogP contribution is 2.32. The largest absolute Gasteiger partial charge is 0.379 e. The lowest BCUT2D eigenvalue weighted by molar-refractivity contribution is -0.383. The van der Waals surface area contributed by atoms with Gasteiger partial charge in [-0.3, -0.25) is 15.1 Å². The van der Waals surface area contributed by atoms with Gasteiger partial charge in [0.15, 0.2) is 5.82 Å². The number of nitro groups is 1. The van der Waals surface area contributed by atoms with Crippen LogP contribution in [0.3, 0.4) is 0 Å². The first kappa shape index (κ1) is 14.1. The van der Waals surface area contributed by atoms with E-state index in [1.54, 1.807) is 12.1 Å². The van der Waals surface area contributed by atoms with Crippen molar-refractivity contribution in [3.05, 3.63) is 40.3 Å². The van der Waals surface area contributed by atoms with Gasteiger partial charge in [-0.1, -0.05) is 6.92 Å². The Morgan fingerprint density at radius 1 is 1.60 bits per heavy atom. The molecule has 0 saturated carbocycles. The minimum absolute atomic E-state index is 0.122. The summed E-state index contributed by atoms with van der Waals surface area (Å²) in [6, 6.07) is 3.91. The number of hydrogen-bond donors (Lipinski definition) is 2. The molecule has 1 heterocycles. The lowest BCUT2D eigenvalue weighted by Gasteiger charge is -2.13. The standard InChI is InChI=1S/C13H15FN4O2/c1-2-8(15)7-17-13-10(14)6-11(18(19)20)9-4-3-5-16-12(9)13/h3-6,8,17H,2,7,15H2,1H3. The lowest BCUT2D eigenvalue weighted by Crippen LogP contribution is -2.28. The molecule has 0 aliphatic heterocycles. The number of nitrogens with one attached hydrogen (secondary N) is 1. The van der Waals surface area contributed by atoms with Crippen LogP contribution in [0.1, 0.15) is 13.3 Å². The predicted octanol–water partition coefficient (Wildman–Crippen LogP) is 2.43. The van der Waals surface area contributed by atoms with Crippen LogP contribution in [0.2, 0.25) is 0 Å². The Kier molecular flexibility index (Phi) is 4.09. The molecule has 106 valence electrons. The molecule has 0 spiro atoms. The Bertz CT molecular complexity index is 648. The minimum Gasteiger partial charge on any atom is -0.379 e. The summed E-state index contributed by atoms with van der Waals surface area (Å²) in [5.41, 5.74) is 5.87. The maximum Gasteiger partial charge on any atom is 0.281 e. The molecule has 1 aromatic heterocycles. The maximum atomic E-state index is 14.0. The van der Waals surface area contributed by atoms with Crippen LogP contribution in [-0.4, -0.2) is 22.5 Å². The Hall–Kier alpha value is -2.28. The molecule has 6 nitrogen and oxygen atoms in total.